The van der Waals surface area contributed by atoms with Crippen LogP contribution in [0.1, 0.15) is 408 Å². The van der Waals surface area contributed by atoms with Crippen molar-refractivity contribution in [1.82, 2.24) is 0 Å². The molecule has 0 aliphatic heterocycles. The van der Waals surface area contributed by atoms with Crippen molar-refractivity contribution < 1.29 is 80.2 Å². The molecule has 0 aliphatic rings. The normalized spacial score (nSPS) is 14.3. The van der Waals surface area contributed by atoms with Gasteiger partial charge in [-0.05, 0) is 43.4 Å². The second-order valence-corrected chi connectivity index (χ2v) is 32.6. The summed E-state index contributed by atoms with van der Waals surface area (Å²) in [5.41, 5.74) is 0. The first kappa shape index (κ1) is 96.1. The average molecular weight is 1440 g/mol. The van der Waals surface area contributed by atoms with Gasteiger partial charge in [-0.15, -0.1) is 0 Å². The fourth-order valence-electron chi connectivity index (χ4n) is 12.1. The van der Waals surface area contributed by atoms with Crippen LogP contribution in [-0.2, 0) is 65.4 Å². The fourth-order valence-corrected chi connectivity index (χ4v) is 13.7. The number of aliphatic hydroxyl groups is 1. The summed E-state index contributed by atoms with van der Waals surface area (Å²) in [6.45, 7) is 11.8. The van der Waals surface area contributed by atoms with Crippen molar-refractivity contribution in [3.63, 3.8) is 0 Å². The summed E-state index contributed by atoms with van der Waals surface area (Å²) in [5.74, 6) is 0.129. The Kier molecular flexibility index (Phi) is 68.1. The van der Waals surface area contributed by atoms with Crippen LogP contribution in [0, 0.1) is 17.8 Å². The maximum atomic E-state index is 13.1. The van der Waals surface area contributed by atoms with Crippen molar-refractivity contribution in [3.05, 3.63) is 0 Å². The second-order valence-electron chi connectivity index (χ2n) is 29.6. The van der Waals surface area contributed by atoms with E-state index in [0.29, 0.717) is 31.6 Å². The highest BCUT2D eigenvalue weighted by Gasteiger charge is 2.30. The summed E-state index contributed by atoms with van der Waals surface area (Å²) in [6.07, 6.45) is 57.2. The summed E-state index contributed by atoms with van der Waals surface area (Å²) in [6, 6.07) is 0. The zero-order valence-electron chi connectivity index (χ0n) is 64.3. The van der Waals surface area contributed by atoms with E-state index < -0.39 is 97.5 Å². The van der Waals surface area contributed by atoms with Crippen molar-refractivity contribution in [2.45, 2.75) is 426 Å². The molecule has 17 nitrogen and oxygen atoms in total. The first-order valence-electron chi connectivity index (χ1n) is 40.9. The molecular formula is C79H154O17P2. The largest absolute Gasteiger partial charge is 0.472 e. The number of aliphatic hydroxyl groups excluding tert-OH is 1. The minimum absolute atomic E-state index is 0.103. The molecule has 0 aromatic heterocycles. The highest BCUT2D eigenvalue weighted by Crippen LogP contribution is 2.45. The number of carbonyl (C=O) groups excluding carboxylic acids is 4. The molecule has 0 fully saturated rings. The number of rotatable bonds is 77. The summed E-state index contributed by atoms with van der Waals surface area (Å²) in [5, 5.41) is 10.6. The van der Waals surface area contributed by atoms with Gasteiger partial charge in [0.05, 0.1) is 26.4 Å². The maximum Gasteiger partial charge on any atom is 0.472 e. The molecule has 98 heavy (non-hydrogen) atoms. The van der Waals surface area contributed by atoms with E-state index in [0.717, 1.165) is 108 Å². The Balaban J connectivity index is 5.20. The lowest BCUT2D eigenvalue weighted by Gasteiger charge is -2.21. The topological polar surface area (TPSA) is 237 Å². The Morgan fingerprint density at radius 2 is 0.520 bits per heavy atom. The van der Waals surface area contributed by atoms with Crippen LogP contribution in [0.3, 0.4) is 0 Å². The molecular weight excluding hydrogens is 1280 g/mol. The van der Waals surface area contributed by atoms with Crippen molar-refractivity contribution in [1.29, 1.82) is 0 Å². The maximum absolute atomic E-state index is 13.1. The van der Waals surface area contributed by atoms with Gasteiger partial charge in [0.1, 0.15) is 19.3 Å². The lowest BCUT2D eigenvalue weighted by atomic mass is 10.00. The van der Waals surface area contributed by atoms with E-state index in [1.165, 1.54) is 212 Å². The summed E-state index contributed by atoms with van der Waals surface area (Å²) < 4.78 is 68.6. The third-order valence-corrected chi connectivity index (χ3v) is 20.6. The molecule has 0 saturated carbocycles. The Labute approximate surface area is 600 Å². The van der Waals surface area contributed by atoms with Crippen LogP contribution in [0.2, 0.25) is 0 Å². The first-order chi connectivity index (χ1) is 47.3. The molecule has 0 aromatic rings. The summed E-state index contributed by atoms with van der Waals surface area (Å²) in [7, 11) is -9.91. The molecule has 6 atom stereocenters. The molecule has 19 heteroatoms. The average Bonchev–Trinajstić information content (AvgIpc) is 0.963. The Morgan fingerprint density at radius 1 is 0.296 bits per heavy atom. The lowest BCUT2D eigenvalue weighted by Crippen LogP contribution is -2.30. The van der Waals surface area contributed by atoms with Crippen LogP contribution in [0.5, 0.6) is 0 Å². The molecule has 3 unspecified atom stereocenters. The van der Waals surface area contributed by atoms with Crippen LogP contribution >= 0.6 is 15.6 Å². The van der Waals surface area contributed by atoms with Gasteiger partial charge in [0.2, 0.25) is 0 Å². The van der Waals surface area contributed by atoms with Crippen LogP contribution in [0.25, 0.3) is 0 Å². The number of hydrogen-bond acceptors (Lipinski definition) is 15. The number of hydrogen-bond donors (Lipinski definition) is 3. The van der Waals surface area contributed by atoms with Crippen LogP contribution in [-0.4, -0.2) is 96.7 Å². The Bertz CT molecular complexity index is 1910. The van der Waals surface area contributed by atoms with Crippen molar-refractivity contribution >= 4 is 39.5 Å². The van der Waals surface area contributed by atoms with E-state index in [1.54, 1.807) is 0 Å². The molecule has 0 aliphatic carbocycles. The van der Waals surface area contributed by atoms with Crippen LogP contribution in [0.4, 0.5) is 0 Å². The molecule has 0 bridgehead atoms. The predicted molar refractivity (Wildman–Crippen MR) is 400 cm³/mol. The molecule has 582 valence electrons. The molecule has 0 aromatic carbocycles. The van der Waals surface area contributed by atoms with Crippen LogP contribution < -0.4 is 0 Å². The van der Waals surface area contributed by atoms with E-state index in [1.807, 2.05) is 0 Å². The van der Waals surface area contributed by atoms with Crippen molar-refractivity contribution in [3.8, 4) is 0 Å². The Hall–Kier alpha value is -1.94. The van der Waals surface area contributed by atoms with E-state index in [2.05, 4.69) is 48.5 Å². The van der Waals surface area contributed by atoms with E-state index in [-0.39, 0.29) is 25.7 Å². The smallest absolute Gasteiger partial charge is 0.462 e. The third-order valence-electron chi connectivity index (χ3n) is 18.7. The predicted octanol–water partition coefficient (Wildman–Crippen LogP) is 23.4. The molecule has 0 radical (unpaired) electrons. The molecule has 0 saturated heterocycles. The number of phosphoric acid groups is 2. The van der Waals surface area contributed by atoms with Crippen molar-refractivity contribution in [2.75, 3.05) is 39.6 Å². The standard InChI is InChI=1S/C79H154O17P2/c1-8-10-11-12-13-14-15-16-17-20-24-27-30-33-38-46-53-60-76(81)89-66-74(95-78(83)62-55-48-39-34-31-28-25-22-19-18-21-23-26-29-32-36-43-50-57-70(3)4)68-93-97(85,86)91-64-73(80)65-92-98(87,88)94-69-75(96-79(84)63-56-49-40-35-37-44-51-58-71(5)6)67-90-77(82)61-54-47-42-41-45-52-59-72(7)9-2/h70-75,80H,8-69H2,1-7H3,(H,85,86)(H,87,88)/t72?,73-,74-,75-/m1/s1. The van der Waals surface area contributed by atoms with Crippen molar-refractivity contribution in [2.24, 2.45) is 17.8 Å². The van der Waals surface area contributed by atoms with Gasteiger partial charge in [-0.2, -0.15) is 0 Å². The zero-order valence-corrected chi connectivity index (χ0v) is 66.0. The monoisotopic (exact) mass is 1440 g/mol. The summed E-state index contributed by atoms with van der Waals surface area (Å²) >= 11 is 0. The van der Waals surface area contributed by atoms with E-state index >= 15 is 0 Å². The molecule has 3 N–H and O–H groups in total. The highest BCUT2D eigenvalue weighted by atomic mass is 31.2. The van der Waals surface area contributed by atoms with Gasteiger partial charge >= 0.3 is 39.5 Å². The van der Waals surface area contributed by atoms with Gasteiger partial charge in [-0.3, -0.25) is 37.3 Å². The zero-order chi connectivity index (χ0) is 72.3. The van der Waals surface area contributed by atoms with Crippen LogP contribution in [0.15, 0.2) is 0 Å². The van der Waals surface area contributed by atoms with Gasteiger partial charge in [0.15, 0.2) is 12.2 Å². The first-order valence-corrected chi connectivity index (χ1v) is 43.9. The SMILES string of the molecule is CCCCCCCCCCCCCCCCCCCC(=O)OC[C@H](COP(=O)(O)OC[C@@H](O)COP(=O)(O)OC[C@@H](COC(=O)CCCCCCCCC(C)CC)OC(=O)CCCCCCCCCC(C)C)OC(=O)CCCCCCCCCCCCCCCCCCCCC(C)C. The molecule has 0 spiro atoms. The lowest BCUT2D eigenvalue weighted by molar-refractivity contribution is -0.161. The number of carbonyl (C=O) groups is 4. The quantitative estimate of drug-likeness (QED) is 0.0222. The van der Waals surface area contributed by atoms with E-state index in [4.69, 9.17) is 37.0 Å². The van der Waals surface area contributed by atoms with Gasteiger partial charge in [0.25, 0.3) is 0 Å². The minimum atomic E-state index is -4.96. The van der Waals surface area contributed by atoms with E-state index in [9.17, 15) is 43.2 Å². The highest BCUT2D eigenvalue weighted by molar-refractivity contribution is 7.47. The van der Waals surface area contributed by atoms with Gasteiger partial charge in [-0.1, -0.05) is 357 Å². The third kappa shape index (κ3) is 71.1. The summed E-state index contributed by atoms with van der Waals surface area (Å²) in [4.78, 5) is 72.9. The fraction of sp³-hybridized carbons (Fsp3) is 0.949. The molecule has 0 heterocycles. The van der Waals surface area contributed by atoms with Gasteiger partial charge in [-0.25, -0.2) is 9.13 Å². The second kappa shape index (κ2) is 69.4. The minimum Gasteiger partial charge on any atom is -0.462 e. The molecule has 0 amide bonds. The number of esters is 4. The molecule has 0 rings (SSSR count). The number of phosphoric ester groups is 2. The van der Waals surface area contributed by atoms with Gasteiger partial charge in [0, 0.05) is 25.7 Å². The Morgan fingerprint density at radius 3 is 0.776 bits per heavy atom. The van der Waals surface area contributed by atoms with Gasteiger partial charge < -0.3 is 33.8 Å². The number of ether oxygens (including phenoxy) is 4. The number of unbranched alkanes of at least 4 members (excludes halogenated alkanes) is 44.